The van der Waals surface area contributed by atoms with Crippen molar-refractivity contribution in [3.8, 4) is 0 Å². The molecule has 2 saturated heterocycles. The van der Waals surface area contributed by atoms with Crippen molar-refractivity contribution >= 4 is 21.8 Å². The van der Waals surface area contributed by atoms with Crippen molar-refractivity contribution in [2.24, 2.45) is 0 Å². The van der Waals surface area contributed by atoms with Crippen LogP contribution in [0.3, 0.4) is 0 Å². The van der Waals surface area contributed by atoms with E-state index in [1.165, 1.54) is 0 Å². The molecule has 2 aromatic rings. The van der Waals surface area contributed by atoms with E-state index in [0.717, 1.165) is 24.5 Å². The lowest BCUT2D eigenvalue weighted by Crippen LogP contribution is -2.49. The largest absolute Gasteiger partial charge is 0.378 e. The molecule has 3 heterocycles. The van der Waals surface area contributed by atoms with Crippen molar-refractivity contribution in [1.29, 1.82) is 0 Å². The fourth-order valence-electron chi connectivity index (χ4n) is 3.51. The summed E-state index contributed by atoms with van der Waals surface area (Å²) >= 11 is 0. The number of hydrogen-bond donors (Lipinski definition) is 0. The Morgan fingerprint density at radius 2 is 1.71 bits per heavy atom. The van der Waals surface area contributed by atoms with Gasteiger partial charge < -0.3 is 14.5 Å². The Morgan fingerprint density at radius 1 is 0.964 bits per heavy atom. The number of aromatic nitrogens is 2. The molecule has 0 bridgehead atoms. The minimum atomic E-state index is -3.46. The molecule has 2 aliphatic rings. The van der Waals surface area contributed by atoms with E-state index < -0.39 is 10.0 Å². The van der Waals surface area contributed by atoms with Crippen molar-refractivity contribution < 1.29 is 13.2 Å². The number of morpholine rings is 1. The average molecular weight is 404 g/mol. The van der Waals surface area contributed by atoms with Gasteiger partial charge in [0.25, 0.3) is 0 Å². The van der Waals surface area contributed by atoms with E-state index in [4.69, 9.17) is 9.72 Å². The molecule has 4 rings (SSSR count). The number of benzene rings is 1. The summed E-state index contributed by atoms with van der Waals surface area (Å²) in [6, 6.07) is 8.95. The van der Waals surface area contributed by atoms with Gasteiger partial charge in [-0.25, -0.2) is 13.4 Å². The molecule has 0 aliphatic carbocycles. The Morgan fingerprint density at radius 3 is 2.43 bits per heavy atom. The van der Waals surface area contributed by atoms with E-state index in [0.29, 0.717) is 50.2 Å². The molecule has 150 valence electrons. The second-order valence-electron chi connectivity index (χ2n) is 7.02. The highest BCUT2D eigenvalue weighted by molar-refractivity contribution is 7.89. The third kappa shape index (κ3) is 3.96. The highest BCUT2D eigenvalue weighted by atomic mass is 32.2. The first kappa shape index (κ1) is 19.1. The molecular weight excluding hydrogens is 378 g/mol. The third-order valence-electron chi connectivity index (χ3n) is 5.11. The van der Waals surface area contributed by atoms with E-state index >= 15 is 0 Å². The van der Waals surface area contributed by atoms with Crippen LogP contribution >= 0.6 is 0 Å². The lowest BCUT2D eigenvalue weighted by Gasteiger charge is -2.35. The van der Waals surface area contributed by atoms with E-state index in [1.54, 1.807) is 28.7 Å². The van der Waals surface area contributed by atoms with Crippen LogP contribution in [0.25, 0.3) is 0 Å². The van der Waals surface area contributed by atoms with Crippen LogP contribution in [0.4, 0.5) is 11.8 Å². The SMILES string of the molecule is Cc1cccc(S(=O)(=O)N2CCN(c3ccnc(N4CCOCC4)n3)CC2)c1. The van der Waals surface area contributed by atoms with Gasteiger partial charge in [-0.2, -0.15) is 9.29 Å². The van der Waals surface area contributed by atoms with Crippen LogP contribution in [0.2, 0.25) is 0 Å². The number of hydrogen-bond acceptors (Lipinski definition) is 7. The van der Waals surface area contributed by atoms with Crippen LogP contribution in [0, 0.1) is 6.92 Å². The summed E-state index contributed by atoms with van der Waals surface area (Å²) in [5.41, 5.74) is 0.941. The van der Waals surface area contributed by atoms with Crippen LogP contribution in [0.15, 0.2) is 41.4 Å². The normalized spacial score (nSPS) is 19.0. The number of rotatable bonds is 4. The van der Waals surface area contributed by atoms with Crippen molar-refractivity contribution in [2.45, 2.75) is 11.8 Å². The number of anilines is 2. The predicted octanol–water partition coefficient (Wildman–Crippen LogP) is 1.13. The first-order valence-electron chi connectivity index (χ1n) is 9.51. The monoisotopic (exact) mass is 403 g/mol. The van der Waals surface area contributed by atoms with Gasteiger partial charge in [-0.05, 0) is 30.7 Å². The summed E-state index contributed by atoms with van der Waals surface area (Å²) in [6.07, 6.45) is 1.77. The Bertz CT molecular complexity index is 923. The lowest BCUT2D eigenvalue weighted by atomic mass is 10.2. The zero-order valence-corrected chi connectivity index (χ0v) is 16.8. The maximum atomic E-state index is 12.9. The van der Waals surface area contributed by atoms with Gasteiger partial charge in [0.2, 0.25) is 16.0 Å². The van der Waals surface area contributed by atoms with Crippen LogP contribution in [-0.4, -0.2) is 75.2 Å². The summed E-state index contributed by atoms with van der Waals surface area (Å²) in [5.74, 6) is 1.54. The summed E-state index contributed by atoms with van der Waals surface area (Å²) < 4.78 is 32.8. The molecule has 2 fully saturated rings. The number of piperazine rings is 1. The molecule has 0 amide bonds. The molecular formula is C19H25N5O3S. The van der Waals surface area contributed by atoms with Crippen molar-refractivity contribution in [3.63, 3.8) is 0 Å². The molecule has 28 heavy (non-hydrogen) atoms. The van der Waals surface area contributed by atoms with Crippen LogP contribution in [-0.2, 0) is 14.8 Å². The fourth-order valence-corrected chi connectivity index (χ4v) is 5.04. The van der Waals surface area contributed by atoms with Gasteiger partial charge >= 0.3 is 0 Å². The lowest BCUT2D eigenvalue weighted by molar-refractivity contribution is 0.122. The smallest absolute Gasteiger partial charge is 0.243 e. The second-order valence-corrected chi connectivity index (χ2v) is 8.96. The maximum Gasteiger partial charge on any atom is 0.243 e. The molecule has 8 nitrogen and oxygen atoms in total. The summed E-state index contributed by atoms with van der Waals surface area (Å²) in [5, 5.41) is 0. The molecule has 0 atom stereocenters. The Kier molecular flexibility index (Phi) is 5.47. The molecule has 9 heteroatoms. The van der Waals surface area contributed by atoms with Crippen LogP contribution in [0.5, 0.6) is 0 Å². The minimum absolute atomic E-state index is 0.359. The van der Waals surface area contributed by atoms with Crippen molar-refractivity contribution in [2.75, 3.05) is 62.3 Å². The van der Waals surface area contributed by atoms with E-state index in [-0.39, 0.29) is 0 Å². The topological polar surface area (TPSA) is 78.9 Å². The fraction of sp³-hybridized carbons (Fsp3) is 0.474. The molecule has 0 saturated carbocycles. The van der Waals surface area contributed by atoms with Crippen LogP contribution < -0.4 is 9.80 Å². The number of ether oxygens (including phenoxy) is 1. The van der Waals surface area contributed by atoms with Gasteiger partial charge in [0, 0.05) is 45.5 Å². The Hall–Kier alpha value is -2.23. The third-order valence-corrected chi connectivity index (χ3v) is 7.01. The van der Waals surface area contributed by atoms with Gasteiger partial charge in [0.1, 0.15) is 5.82 Å². The number of aryl methyl sites for hydroxylation is 1. The summed E-state index contributed by atoms with van der Waals surface area (Å²) in [6.45, 7) is 6.91. The highest BCUT2D eigenvalue weighted by Crippen LogP contribution is 2.22. The minimum Gasteiger partial charge on any atom is -0.378 e. The molecule has 0 radical (unpaired) electrons. The average Bonchev–Trinajstić information content (AvgIpc) is 2.74. The number of nitrogens with zero attached hydrogens (tertiary/aromatic N) is 5. The van der Waals surface area contributed by atoms with E-state index in [2.05, 4.69) is 14.8 Å². The quantitative estimate of drug-likeness (QED) is 0.757. The Balaban J connectivity index is 1.44. The molecule has 0 N–H and O–H groups in total. The van der Waals surface area contributed by atoms with E-state index in [1.807, 2.05) is 19.1 Å². The van der Waals surface area contributed by atoms with Gasteiger partial charge in [-0.15, -0.1) is 0 Å². The van der Waals surface area contributed by atoms with Crippen molar-refractivity contribution in [3.05, 3.63) is 42.1 Å². The summed E-state index contributed by atoms with van der Waals surface area (Å²) in [4.78, 5) is 13.7. The first-order chi connectivity index (χ1) is 13.5. The van der Waals surface area contributed by atoms with Gasteiger partial charge in [0.05, 0.1) is 18.1 Å². The zero-order valence-electron chi connectivity index (χ0n) is 16.0. The first-order valence-corrected chi connectivity index (χ1v) is 11.0. The van der Waals surface area contributed by atoms with E-state index in [9.17, 15) is 8.42 Å². The molecule has 1 aromatic heterocycles. The highest BCUT2D eigenvalue weighted by Gasteiger charge is 2.29. The van der Waals surface area contributed by atoms with Crippen LogP contribution in [0.1, 0.15) is 5.56 Å². The molecule has 0 unspecified atom stereocenters. The number of sulfonamides is 1. The molecule has 2 aliphatic heterocycles. The molecule has 1 aromatic carbocycles. The zero-order chi connectivity index (χ0) is 19.6. The standard InChI is InChI=1S/C19H25N5O3S/c1-16-3-2-4-17(15-16)28(25,26)24-9-7-22(8-10-24)18-5-6-20-19(21-18)23-11-13-27-14-12-23/h2-6,15H,7-14H2,1H3. The Labute approximate surface area is 165 Å². The van der Waals surface area contributed by atoms with Crippen molar-refractivity contribution in [1.82, 2.24) is 14.3 Å². The summed E-state index contributed by atoms with van der Waals surface area (Å²) in [7, 11) is -3.46. The molecule has 0 spiro atoms. The second kappa shape index (κ2) is 8.02. The van der Waals surface area contributed by atoms with Gasteiger partial charge in [0.15, 0.2) is 0 Å². The van der Waals surface area contributed by atoms with Gasteiger partial charge in [-0.3, -0.25) is 0 Å². The maximum absolute atomic E-state index is 12.9. The van der Waals surface area contributed by atoms with Gasteiger partial charge in [-0.1, -0.05) is 12.1 Å². The predicted molar refractivity (Wildman–Crippen MR) is 107 cm³/mol.